The number of carbonyl (C=O) groups excluding carboxylic acids is 1. The normalized spacial score (nSPS) is 16.1. The molecule has 6 nitrogen and oxygen atoms in total. The molecule has 26 heavy (non-hydrogen) atoms. The number of piperazine rings is 1. The van der Waals surface area contributed by atoms with Crippen LogP contribution in [0, 0.1) is 6.92 Å². The van der Waals surface area contributed by atoms with E-state index in [-0.39, 0.29) is 19.0 Å². The monoisotopic (exact) mass is 371 g/mol. The van der Waals surface area contributed by atoms with Crippen LogP contribution in [-0.4, -0.2) is 54.7 Å². The van der Waals surface area contributed by atoms with Gasteiger partial charge in [-0.1, -0.05) is 30.3 Å². The molecule has 1 aliphatic rings. The second-order valence-corrected chi connectivity index (χ2v) is 7.96. The number of nitrogens with zero attached hydrogens (tertiary/aromatic N) is 3. The van der Waals surface area contributed by atoms with Crippen molar-refractivity contribution >= 4 is 22.0 Å². The Kier molecular flexibility index (Phi) is 5.49. The van der Waals surface area contributed by atoms with Gasteiger partial charge in [-0.05, 0) is 30.7 Å². The fourth-order valence-corrected chi connectivity index (χ4v) is 3.91. The smallest absolute Gasteiger partial charge is 0.255 e. The van der Waals surface area contributed by atoms with Gasteiger partial charge in [-0.3, -0.25) is 9.78 Å². The number of benzene rings is 1. The summed E-state index contributed by atoms with van der Waals surface area (Å²) in [5.74, 6) is -0.116. The van der Waals surface area contributed by atoms with Crippen LogP contribution in [0.3, 0.4) is 0 Å². The van der Waals surface area contributed by atoms with Crippen molar-refractivity contribution in [2.75, 3.05) is 26.2 Å². The van der Waals surface area contributed by atoms with Gasteiger partial charge in [0.2, 0.25) is 10.0 Å². The third kappa shape index (κ3) is 4.36. The van der Waals surface area contributed by atoms with E-state index in [1.54, 1.807) is 29.3 Å². The molecule has 1 aliphatic heterocycles. The first-order chi connectivity index (χ1) is 12.5. The Balaban J connectivity index is 1.61. The van der Waals surface area contributed by atoms with Gasteiger partial charge < -0.3 is 4.90 Å². The van der Waals surface area contributed by atoms with Gasteiger partial charge in [-0.25, -0.2) is 8.42 Å². The molecule has 1 saturated heterocycles. The molecule has 0 saturated carbocycles. The number of aromatic nitrogens is 1. The minimum atomic E-state index is -3.50. The Labute approximate surface area is 153 Å². The van der Waals surface area contributed by atoms with Gasteiger partial charge in [0.25, 0.3) is 5.91 Å². The fraction of sp³-hybridized carbons (Fsp3) is 0.263. The number of sulfonamides is 1. The van der Waals surface area contributed by atoms with Crippen LogP contribution < -0.4 is 0 Å². The molecule has 1 aromatic heterocycles. The highest BCUT2D eigenvalue weighted by Crippen LogP contribution is 2.13. The molecule has 136 valence electrons. The van der Waals surface area contributed by atoms with Crippen molar-refractivity contribution in [2.45, 2.75) is 6.92 Å². The lowest BCUT2D eigenvalue weighted by Gasteiger charge is -2.33. The minimum absolute atomic E-state index is 0.116. The third-order valence-corrected chi connectivity index (χ3v) is 5.84. The van der Waals surface area contributed by atoms with Crippen molar-refractivity contribution in [1.29, 1.82) is 0 Å². The summed E-state index contributed by atoms with van der Waals surface area (Å²) in [6.07, 6.45) is 3.15. The molecule has 0 atom stereocenters. The van der Waals surface area contributed by atoms with Crippen molar-refractivity contribution in [3.8, 4) is 0 Å². The number of rotatable bonds is 4. The van der Waals surface area contributed by atoms with Crippen molar-refractivity contribution < 1.29 is 13.2 Å². The van der Waals surface area contributed by atoms with Crippen LogP contribution >= 0.6 is 0 Å². The molecular formula is C19H21N3O3S. The lowest BCUT2D eigenvalue weighted by molar-refractivity contribution is 0.0698. The SMILES string of the molecule is Cc1ccc(C(=O)N2CCN(S(=O)(=O)/C=C/c3ccccc3)CC2)cn1. The van der Waals surface area contributed by atoms with Crippen LogP contribution in [0.15, 0.2) is 54.1 Å². The predicted molar refractivity (Wildman–Crippen MR) is 101 cm³/mol. The summed E-state index contributed by atoms with van der Waals surface area (Å²) in [4.78, 5) is 18.3. The van der Waals surface area contributed by atoms with Crippen LogP contribution in [0.5, 0.6) is 0 Å². The lowest BCUT2D eigenvalue weighted by Crippen LogP contribution is -2.50. The minimum Gasteiger partial charge on any atom is -0.336 e. The van der Waals surface area contributed by atoms with Gasteiger partial charge >= 0.3 is 0 Å². The zero-order chi connectivity index (χ0) is 18.6. The predicted octanol–water partition coefficient (Wildman–Crippen LogP) is 2.15. The average Bonchev–Trinajstić information content (AvgIpc) is 2.67. The zero-order valence-corrected chi connectivity index (χ0v) is 15.4. The second-order valence-electron chi connectivity index (χ2n) is 6.14. The quantitative estimate of drug-likeness (QED) is 0.826. The van der Waals surface area contributed by atoms with Crippen molar-refractivity contribution in [1.82, 2.24) is 14.2 Å². The number of hydrogen-bond acceptors (Lipinski definition) is 4. The highest BCUT2D eigenvalue weighted by Gasteiger charge is 2.27. The van der Waals surface area contributed by atoms with E-state index < -0.39 is 10.0 Å². The largest absolute Gasteiger partial charge is 0.336 e. The van der Waals surface area contributed by atoms with Crippen LogP contribution in [-0.2, 0) is 10.0 Å². The molecule has 1 amide bonds. The standard InChI is InChI=1S/C19H21N3O3S/c1-16-7-8-18(15-20-16)19(23)21-10-12-22(13-11-21)26(24,25)14-9-17-5-3-2-4-6-17/h2-9,14-15H,10-13H2,1H3/b14-9+. The third-order valence-electron chi connectivity index (χ3n) is 4.28. The van der Waals surface area contributed by atoms with E-state index in [1.807, 2.05) is 37.3 Å². The first-order valence-corrected chi connectivity index (χ1v) is 9.91. The van der Waals surface area contributed by atoms with Crippen molar-refractivity contribution in [3.63, 3.8) is 0 Å². The van der Waals surface area contributed by atoms with Gasteiger partial charge in [-0.15, -0.1) is 0 Å². The summed E-state index contributed by atoms with van der Waals surface area (Å²) < 4.78 is 26.3. The second kappa shape index (κ2) is 7.80. The summed E-state index contributed by atoms with van der Waals surface area (Å²) in [6.45, 7) is 3.16. The maximum Gasteiger partial charge on any atom is 0.255 e. The van der Waals surface area contributed by atoms with Gasteiger partial charge in [0, 0.05) is 43.5 Å². The zero-order valence-electron chi connectivity index (χ0n) is 14.6. The van der Waals surface area contributed by atoms with Crippen molar-refractivity contribution in [2.24, 2.45) is 0 Å². The van der Waals surface area contributed by atoms with Gasteiger partial charge in [0.15, 0.2) is 0 Å². The van der Waals surface area contributed by atoms with E-state index in [4.69, 9.17) is 0 Å². The van der Waals surface area contributed by atoms with Crippen LogP contribution in [0.25, 0.3) is 6.08 Å². The number of hydrogen-bond donors (Lipinski definition) is 0. The van der Waals surface area contributed by atoms with Crippen LogP contribution in [0.1, 0.15) is 21.6 Å². The summed E-state index contributed by atoms with van der Waals surface area (Å²) in [7, 11) is -3.50. The van der Waals surface area contributed by atoms with Crippen LogP contribution in [0.4, 0.5) is 0 Å². The number of aryl methyl sites for hydroxylation is 1. The van der Waals surface area contributed by atoms with E-state index in [0.29, 0.717) is 18.7 Å². The first-order valence-electron chi connectivity index (χ1n) is 8.41. The molecule has 0 N–H and O–H groups in total. The molecule has 1 aromatic carbocycles. The molecular weight excluding hydrogens is 350 g/mol. The molecule has 0 unspecified atom stereocenters. The number of pyridine rings is 1. The van der Waals surface area contributed by atoms with Crippen LogP contribution in [0.2, 0.25) is 0 Å². The molecule has 0 radical (unpaired) electrons. The molecule has 0 aliphatic carbocycles. The van der Waals surface area contributed by atoms with Gasteiger partial charge in [0.05, 0.1) is 5.56 Å². The summed E-state index contributed by atoms with van der Waals surface area (Å²) in [6, 6.07) is 12.8. The Morgan fingerprint density at radius 3 is 2.35 bits per heavy atom. The topological polar surface area (TPSA) is 70.6 Å². The van der Waals surface area contributed by atoms with E-state index in [0.717, 1.165) is 11.3 Å². The maximum atomic E-state index is 12.5. The average molecular weight is 371 g/mol. The highest BCUT2D eigenvalue weighted by atomic mass is 32.2. The Morgan fingerprint density at radius 2 is 1.73 bits per heavy atom. The molecule has 0 bridgehead atoms. The van der Waals surface area contributed by atoms with E-state index in [1.165, 1.54) is 9.71 Å². The molecule has 3 rings (SSSR count). The van der Waals surface area contributed by atoms with Gasteiger partial charge in [-0.2, -0.15) is 4.31 Å². The molecule has 7 heteroatoms. The molecule has 1 fully saturated rings. The van der Waals surface area contributed by atoms with E-state index in [2.05, 4.69) is 4.98 Å². The lowest BCUT2D eigenvalue weighted by atomic mass is 10.2. The molecule has 0 spiro atoms. The Hall–Kier alpha value is -2.51. The summed E-state index contributed by atoms with van der Waals surface area (Å²) in [5.41, 5.74) is 2.20. The van der Waals surface area contributed by atoms with Crippen molar-refractivity contribution in [3.05, 3.63) is 70.9 Å². The summed E-state index contributed by atoms with van der Waals surface area (Å²) in [5, 5.41) is 1.23. The summed E-state index contributed by atoms with van der Waals surface area (Å²) >= 11 is 0. The maximum absolute atomic E-state index is 12.5. The fourth-order valence-electron chi connectivity index (χ4n) is 2.74. The number of amides is 1. The first kappa shape index (κ1) is 18.3. The molecule has 2 aromatic rings. The molecule has 2 heterocycles. The Bertz CT molecular complexity index is 885. The van der Waals surface area contributed by atoms with E-state index in [9.17, 15) is 13.2 Å². The Morgan fingerprint density at radius 1 is 1.04 bits per heavy atom. The number of carbonyl (C=O) groups is 1. The van der Waals surface area contributed by atoms with E-state index >= 15 is 0 Å². The highest BCUT2D eigenvalue weighted by molar-refractivity contribution is 7.92. The van der Waals surface area contributed by atoms with Gasteiger partial charge in [0.1, 0.15) is 0 Å².